The number of ether oxygens (including phenoxy) is 2. The summed E-state index contributed by atoms with van der Waals surface area (Å²) in [6, 6.07) is 5.96. The molecular formula is C24H41N3O3. The van der Waals surface area contributed by atoms with E-state index in [1.807, 2.05) is 12.1 Å². The number of likely N-dealkylation sites (N-methyl/N-ethyl adjacent to an activating group) is 1. The molecule has 2 aliphatic rings. The molecule has 0 aromatic heterocycles. The number of β-amino-alcohol motifs (C(OH)–C–C–N with tert-alkyl or cyclic N) is 1. The molecule has 1 aliphatic heterocycles. The summed E-state index contributed by atoms with van der Waals surface area (Å²) in [7, 11) is 3.81. The van der Waals surface area contributed by atoms with Crippen LogP contribution in [0.4, 0.5) is 0 Å². The van der Waals surface area contributed by atoms with Crippen molar-refractivity contribution in [1.82, 2.24) is 15.1 Å². The highest BCUT2D eigenvalue weighted by atomic mass is 16.5. The molecular weight excluding hydrogens is 378 g/mol. The minimum absolute atomic E-state index is 0.300. The van der Waals surface area contributed by atoms with Crippen LogP contribution in [0.25, 0.3) is 0 Å². The highest BCUT2D eigenvalue weighted by Crippen LogP contribution is 2.28. The van der Waals surface area contributed by atoms with Crippen molar-refractivity contribution in [3.63, 3.8) is 0 Å². The molecule has 1 aliphatic carbocycles. The maximum Gasteiger partial charge on any atom is 0.127 e. The predicted molar refractivity (Wildman–Crippen MR) is 121 cm³/mol. The fourth-order valence-corrected chi connectivity index (χ4v) is 4.55. The van der Waals surface area contributed by atoms with Crippen molar-refractivity contribution in [2.24, 2.45) is 5.92 Å². The van der Waals surface area contributed by atoms with Gasteiger partial charge in [-0.25, -0.2) is 0 Å². The van der Waals surface area contributed by atoms with E-state index >= 15 is 0 Å². The normalized spacial score (nSPS) is 19.8. The molecule has 6 nitrogen and oxygen atoms in total. The van der Waals surface area contributed by atoms with E-state index in [1.165, 1.54) is 38.5 Å². The number of methoxy groups -OCH3 is 1. The molecule has 0 amide bonds. The van der Waals surface area contributed by atoms with Gasteiger partial charge >= 0.3 is 0 Å². The number of hydrogen-bond acceptors (Lipinski definition) is 6. The van der Waals surface area contributed by atoms with E-state index < -0.39 is 6.10 Å². The van der Waals surface area contributed by atoms with Gasteiger partial charge in [0.05, 0.1) is 7.11 Å². The fraction of sp³-hybridized carbons (Fsp3) is 0.750. The Morgan fingerprint density at radius 1 is 1.17 bits per heavy atom. The van der Waals surface area contributed by atoms with Gasteiger partial charge in [-0.05, 0) is 38.4 Å². The zero-order valence-electron chi connectivity index (χ0n) is 18.9. The van der Waals surface area contributed by atoms with Gasteiger partial charge in [-0.1, -0.05) is 31.7 Å². The summed E-state index contributed by atoms with van der Waals surface area (Å²) < 4.78 is 11.4. The number of benzene rings is 1. The lowest BCUT2D eigenvalue weighted by Gasteiger charge is -2.33. The highest BCUT2D eigenvalue weighted by molar-refractivity contribution is 5.40. The lowest BCUT2D eigenvalue weighted by molar-refractivity contribution is 0.0501. The van der Waals surface area contributed by atoms with E-state index in [4.69, 9.17) is 9.47 Å². The average molecular weight is 420 g/mol. The zero-order valence-corrected chi connectivity index (χ0v) is 18.9. The van der Waals surface area contributed by atoms with Gasteiger partial charge in [0.1, 0.15) is 24.2 Å². The number of aliphatic hydroxyl groups is 1. The third-order valence-electron chi connectivity index (χ3n) is 6.53. The minimum Gasteiger partial charge on any atom is -0.497 e. The monoisotopic (exact) mass is 419 g/mol. The van der Waals surface area contributed by atoms with Crippen LogP contribution < -0.4 is 14.8 Å². The van der Waals surface area contributed by atoms with Crippen LogP contribution in [0.5, 0.6) is 11.5 Å². The first-order chi connectivity index (χ1) is 14.6. The summed E-state index contributed by atoms with van der Waals surface area (Å²) >= 11 is 0. The number of piperazine rings is 1. The van der Waals surface area contributed by atoms with Crippen molar-refractivity contribution < 1.29 is 14.6 Å². The molecule has 0 radical (unpaired) electrons. The van der Waals surface area contributed by atoms with Gasteiger partial charge in [0.25, 0.3) is 0 Å². The SMILES string of the molecule is COc1ccc(CNCCCC2CCCC2)c(OC[C@H](O)CN2CCN(C)CC2)c1. The molecule has 2 fully saturated rings. The molecule has 0 bridgehead atoms. The van der Waals surface area contributed by atoms with Gasteiger partial charge in [0, 0.05) is 50.9 Å². The highest BCUT2D eigenvalue weighted by Gasteiger charge is 2.18. The Labute approximate surface area is 182 Å². The Morgan fingerprint density at radius 2 is 1.93 bits per heavy atom. The fourth-order valence-electron chi connectivity index (χ4n) is 4.55. The maximum atomic E-state index is 10.5. The first-order valence-corrected chi connectivity index (χ1v) is 11.7. The number of nitrogens with zero attached hydrogens (tertiary/aromatic N) is 2. The second kappa shape index (κ2) is 12.5. The molecule has 170 valence electrons. The molecule has 3 rings (SSSR count). The van der Waals surface area contributed by atoms with E-state index in [1.54, 1.807) is 7.11 Å². The van der Waals surface area contributed by atoms with Gasteiger partial charge in [-0.15, -0.1) is 0 Å². The number of rotatable bonds is 12. The van der Waals surface area contributed by atoms with Gasteiger partial charge in [0.2, 0.25) is 0 Å². The average Bonchev–Trinajstić information content (AvgIpc) is 3.27. The van der Waals surface area contributed by atoms with E-state index in [0.717, 1.165) is 62.2 Å². The van der Waals surface area contributed by atoms with Crippen LogP contribution in [0.2, 0.25) is 0 Å². The maximum absolute atomic E-state index is 10.5. The van der Waals surface area contributed by atoms with Gasteiger partial charge in [0.15, 0.2) is 0 Å². The third-order valence-corrected chi connectivity index (χ3v) is 6.53. The standard InChI is InChI=1S/C24H41N3O3/c1-26-12-14-27(15-13-26)18-22(28)19-30-24-16-23(29-2)10-9-21(24)17-25-11-5-8-20-6-3-4-7-20/h9-10,16,20,22,25,28H,3-8,11-15,17-19H2,1-2H3/t22-/m1/s1. The Kier molecular flexibility index (Phi) is 9.72. The zero-order chi connectivity index (χ0) is 21.2. The van der Waals surface area contributed by atoms with Crippen molar-refractivity contribution in [1.29, 1.82) is 0 Å². The first kappa shape index (κ1) is 23.3. The van der Waals surface area contributed by atoms with Gasteiger partial charge in [-0.2, -0.15) is 0 Å². The van der Waals surface area contributed by atoms with Crippen molar-refractivity contribution in [3.8, 4) is 11.5 Å². The van der Waals surface area contributed by atoms with Crippen LogP contribution >= 0.6 is 0 Å². The smallest absolute Gasteiger partial charge is 0.127 e. The van der Waals surface area contributed by atoms with Crippen LogP contribution in [-0.4, -0.2) is 81.0 Å². The van der Waals surface area contributed by atoms with Crippen LogP contribution in [0.3, 0.4) is 0 Å². The molecule has 6 heteroatoms. The third kappa shape index (κ3) is 7.73. The molecule has 30 heavy (non-hydrogen) atoms. The number of nitrogens with one attached hydrogen (secondary N) is 1. The molecule has 1 saturated heterocycles. The molecule has 0 spiro atoms. The molecule has 2 N–H and O–H groups in total. The van der Waals surface area contributed by atoms with E-state index in [-0.39, 0.29) is 0 Å². The topological polar surface area (TPSA) is 57.2 Å². The summed E-state index contributed by atoms with van der Waals surface area (Å²) in [5.74, 6) is 2.53. The molecule has 1 saturated carbocycles. The Bertz CT molecular complexity index is 614. The molecule has 1 atom stereocenters. The van der Waals surface area contributed by atoms with Crippen LogP contribution in [0, 0.1) is 5.92 Å². The summed E-state index contributed by atoms with van der Waals surface area (Å²) in [6.45, 7) is 6.89. The predicted octanol–water partition coefficient (Wildman–Crippen LogP) is 2.74. The largest absolute Gasteiger partial charge is 0.497 e. The molecule has 1 aromatic rings. The molecule has 1 heterocycles. The van der Waals surface area contributed by atoms with Crippen molar-refractivity contribution >= 4 is 0 Å². The van der Waals surface area contributed by atoms with Crippen molar-refractivity contribution in [2.45, 2.75) is 51.2 Å². The Hall–Kier alpha value is -1.34. The van der Waals surface area contributed by atoms with Gasteiger partial charge < -0.3 is 24.8 Å². The Balaban J connectivity index is 1.42. The summed E-state index contributed by atoms with van der Waals surface area (Å²) in [5.41, 5.74) is 1.11. The second-order valence-electron chi connectivity index (χ2n) is 9.01. The first-order valence-electron chi connectivity index (χ1n) is 11.7. The van der Waals surface area contributed by atoms with E-state index in [9.17, 15) is 5.11 Å². The number of hydrogen-bond donors (Lipinski definition) is 2. The van der Waals surface area contributed by atoms with Crippen molar-refractivity contribution in [2.75, 3.05) is 60.0 Å². The number of aliphatic hydroxyl groups excluding tert-OH is 1. The second-order valence-corrected chi connectivity index (χ2v) is 9.01. The summed E-state index contributed by atoms with van der Waals surface area (Å²) in [6.07, 6.45) is 7.78. The summed E-state index contributed by atoms with van der Waals surface area (Å²) in [5, 5.41) is 14.0. The van der Waals surface area contributed by atoms with E-state index in [0.29, 0.717) is 13.2 Å². The quantitative estimate of drug-likeness (QED) is 0.508. The molecule has 0 unspecified atom stereocenters. The molecule has 1 aromatic carbocycles. The lowest BCUT2D eigenvalue weighted by atomic mass is 10.0. The minimum atomic E-state index is -0.494. The van der Waals surface area contributed by atoms with Crippen LogP contribution in [0.1, 0.15) is 44.1 Å². The van der Waals surface area contributed by atoms with Crippen molar-refractivity contribution in [3.05, 3.63) is 23.8 Å². The van der Waals surface area contributed by atoms with E-state index in [2.05, 4.69) is 28.2 Å². The lowest BCUT2D eigenvalue weighted by Crippen LogP contribution is -2.47. The summed E-state index contributed by atoms with van der Waals surface area (Å²) in [4.78, 5) is 4.63. The van der Waals surface area contributed by atoms with Crippen LogP contribution in [-0.2, 0) is 6.54 Å². The van der Waals surface area contributed by atoms with Crippen LogP contribution in [0.15, 0.2) is 18.2 Å². The van der Waals surface area contributed by atoms with Gasteiger partial charge in [-0.3, -0.25) is 4.90 Å². The Morgan fingerprint density at radius 3 is 2.67 bits per heavy atom.